The van der Waals surface area contributed by atoms with E-state index < -0.39 is 5.97 Å². The van der Waals surface area contributed by atoms with E-state index in [1.54, 1.807) is 24.3 Å². The fourth-order valence-electron chi connectivity index (χ4n) is 1.89. The molecule has 2 rings (SSSR count). The second-order valence-electron chi connectivity index (χ2n) is 4.41. The normalized spacial score (nSPS) is 11.9. The molecule has 0 heterocycles. The molecular weight excluding hydrogens is 386 g/mol. The molecule has 0 spiro atoms. The summed E-state index contributed by atoms with van der Waals surface area (Å²) >= 11 is 6.97. The Labute approximate surface area is 134 Å². The summed E-state index contributed by atoms with van der Waals surface area (Å²) in [6.45, 7) is 2.05. The van der Waals surface area contributed by atoms with Gasteiger partial charge in [-0.05, 0) is 48.9 Å². The van der Waals surface area contributed by atoms with Crippen molar-refractivity contribution in [2.75, 3.05) is 5.32 Å². The zero-order valence-corrected chi connectivity index (χ0v) is 13.9. The maximum Gasteiger partial charge on any atom is 0.335 e. The number of anilines is 1. The van der Waals surface area contributed by atoms with Crippen LogP contribution in [0.1, 0.15) is 28.9 Å². The number of rotatable bonds is 4. The van der Waals surface area contributed by atoms with Gasteiger partial charge in [0.05, 0.1) is 5.56 Å². The first-order valence-electron chi connectivity index (χ1n) is 6.02. The molecule has 1 atom stereocenters. The summed E-state index contributed by atoms with van der Waals surface area (Å²) in [7, 11) is 0. The number of aromatic carboxylic acids is 1. The molecule has 2 aromatic rings. The van der Waals surface area contributed by atoms with Crippen molar-refractivity contribution in [3.8, 4) is 0 Å². The monoisotopic (exact) mass is 397 g/mol. The van der Waals surface area contributed by atoms with E-state index in [9.17, 15) is 4.79 Å². The summed E-state index contributed by atoms with van der Waals surface area (Å²) in [4.78, 5) is 10.8. The molecule has 1 unspecified atom stereocenters. The lowest BCUT2D eigenvalue weighted by atomic mass is 10.1. The fraction of sp³-hybridized carbons (Fsp3) is 0.133. The van der Waals surface area contributed by atoms with Gasteiger partial charge in [-0.15, -0.1) is 0 Å². The number of hydrogen-bond donors (Lipinski definition) is 2. The zero-order valence-electron chi connectivity index (χ0n) is 10.7. The van der Waals surface area contributed by atoms with Crippen LogP contribution in [0.4, 0.5) is 5.69 Å². The molecule has 0 bridgehead atoms. The number of halogens is 2. The number of nitrogens with one attached hydrogen (secondary N) is 1. The van der Waals surface area contributed by atoms with Gasteiger partial charge >= 0.3 is 5.97 Å². The first kappa shape index (κ1) is 15.1. The summed E-state index contributed by atoms with van der Waals surface area (Å²) in [5.74, 6) is -0.916. The summed E-state index contributed by atoms with van der Waals surface area (Å²) in [6, 6.07) is 12.9. The van der Waals surface area contributed by atoms with Gasteiger partial charge in [0, 0.05) is 20.7 Å². The van der Waals surface area contributed by atoms with Crippen molar-refractivity contribution >= 4 is 43.5 Å². The summed E-state index contributed by atoms with van der Waals surface area (Å²) in [5.41, 5.74) is 2.31. The molecule has 3 nitrogen and oxygen atoms in total. The Kier molecular flexibility index (Phi) is 4.83. The summed E-state index contributed by atoms with van der Waals surface area (Å²) in [5, 5.41) is 12.2. The lowest BCUT2D eigenvalue weighted by molar-refractivity contribution is 0.0697. The number of carboxylic acid groups (broad SMARTS) is 1. The minimum absolute atomic E-state index is 0.105. The Morgan fingerprint density at radius 3 is 2.35 bits per heavy atom. The van der Waals surface area contributed by atoms with E-state index in [4.69, 9.17) is 5.11 Å². The molecule has 5 heteroatoms. The van der Waals surface area contributed by atoms with E-state index >= 15 is 0 Å². The molecule has 2 N–H and O–H groups in total. The molecule has 0 saturated heterocycles. The molecule has 0 aliphatic rings. The third-order valence-corrected chi connectivity index (χ3v) is 4.12. The van der Waals surface area contributed by atoms with Gasteiger partial charge in [-0.3, -0.25) is 0 Å². The Bertz CT molecular complexity index is 626. The molecule has 20 heavy (non-hydrogen) atoms. The SMILES string of the molecule is CC(Nc1ccc(C(=O)O)cc1)c1ccc(Br)cc1Br. The van der Waals surface area contributed by atoms with Crippen molar-refractivity contribution in [2.45, 2.75) is 13.0 Å². The van der Waals surface area contributed by atoms with Gasteiger partial charge in [-0.25, -0.2) is 4.79 Å². The van der Waals surface area contributed by atoms with E-state index in [-0.39, 0.29) is 11.6 Å². The predicted octanol–water partition coefficient (Wildman–Crippen LogP) is 5.08. The highest BCUT2D eigenvalue weighted by Gasteiger charge is 2.10. The van der Waals surface area contributed by atoms with Crippen LogP contribution in [-0.4, -0.2) is 11.1 Å². The van der Waals surface area contributed by atoms with Gasteiger partial charge < -0.3 is 10.4 Å². The van der Waals surface area contributed by atoms with Crippen molar-refractivity contribution in [3.63, 3.8) is 0 Å². The lowest BCUT2D eigenvalue weighted by Gasteiger charge is -2.17. The second kappa shape index (κ2) is 6.41. The number of benzene rings is 2. The fourth-order valence-corrected chi connectivity index (χ4v) is 3.28. The first-order chi connectivity index (χ1) is 9.47. The molecule has 0 saturated carbocycles. The van der Waals surface area contributed by atoms with Crippen molar-refractivity contribution in [1.82, 2.24) is 0 Å². The Hall–Kier alpha value is -1.33. The first-order valence-corrected chi connectivity index (χ1v) is 7.61. The summed E-state index contributed by atoms with van der Waals surface area (Å²) < 4.78 is 2.04. The average molecular weight is 399 g/mol. The van der Waals surface area contributed by atoms with Crippen LogP contribution < -0.4 is 5.32 Å². The molecule has 0 radical (unpaired) electrons. The second-order valence-corrected chi connectivity index (χ2v) is 6.18. The predicted molar refractivity (Wildman–Crippen MR) is 87.3 cm³/mol. The quantitative estimate of drug-likeness (QED) is 0.754. The minimum atomic E-state index is -0.916. The number of hydrogen-bond acceptors (Lipinski definition) is 2. The van der Waals surface area contributed by atoms with Gasteiger partial charge in [0.1, 0.15) is 0 Å². The smallest absolute Gasteiger partial charge is 0.335 e. The van der Waals surface area contributed by atoms with Gasteiger partial charge in [0.15, 0.2) is 0 Å². The molecule has 0 aliphatic carbocycles. The van der Waals surface area contributed by atoms with Crippen LogP contribution >= 0.6 is 31.9 Å². The van der Waals surface area contributed by atoms with Crippen LogP contribution in [0.15, 0.2) is 51.4 Å². The van der Waals surface area contributed by atoms with Crippen LogP contribution in [0.2, 0.25) is 0 Å². The zero-order chi connectivity index (χ0) is 14.7. The van der Waals surface area contributed by atoms with Crippen LogP contribution in [0.25, 0.3) is 0 Å². The van der Waals surface area contributed by atoms with Crippen LogP contribution in [0.3, 0.4) is 0 Å². The van der Waals surface area contributed by atoms with Crippen molar-refractivity contribution in [1.29, 1.82) is 0 Å². The van der Waals surface area contributed by atoms with Crippen LogP contribution in [0.5, 0.6) is 0 Å². The van der Waals surface area contributed by atoms with Gasteiger partial charge in [0.2, 0.25) is 0 Å². The maximum absolute atomic E-state index is 10.8. The lowest BCUT2D eigenvalue weighted by Crippen LogP contribution is -2.07. The van der Waals surface area contributed by atoms with Gasteiger partial charge in [-0.2, -0.15) is 0 Å². The van der Waals surface area contributed by atoms with E-state index in [1.165, 1.54) is 0 Å². The standard InChI is InChI=1S/C15H13Br2NO2/c1-9(13-7-4-11(16)8-14(13)17)18-12-5-2-10(3-6-12)15(19)20/h2-9,18H,1H3,(H,19,20). The van der Waals surface area contributed by atoms with Crippen LogP contribution in [0, 0.1) is 0 Å². The molecule has 0 amide bonds. The third kappa shape index (κ3) is 3.61. The van der Waals surface area contributed by atoms with Crippen molar-refractivity contribution in [2.24, 2.45) is 0 Å². The molecule has 0 aliphatic heterocycles. The number of carboxylic acids is 1. The summed E-state index contributed by atoms with van der Waals surface area (Å²) in [6.07, 6.45) is 0. The molecule has 2 aromatic carbocycles. The highest BCUT2D eigenvalue weighted by molar-refractivity contribution is 9.11. The topological polar surface area (TPSA) is 49.3 Å². The van der Waals surface area contributed by atoms with E-state index in [0.717, 1.165) is 20.2 Å². The molecule has 0 fully saturated rings. The minimum Gasteiger partial charge on any atom is -0.478 e. The molecule has 0 aromatic heterocycles. The Morgan fingerprint density at radius 2 is 1.80 bits per heavy atom. The largest absolute Gasteiger partial charge is 0.478 e. The van der Waals surface area contributed by atoms with E-state index in [1.807, 2.05) is 18.2 Å². The molecular formula is C15H13Br2NO2. The van der Waals surface area contributed by atoms with Crippen molar-refractivity contribution in [3.05, 3.63) is 62.5 Å². The highest BCUT2D eigenvalue weighted by atomic mass is 79.9. The van der Waals surface area contributed by atoms with Gasteiger partial charge in [-0.1, -0.05) is 37.9 Å². The third-order valence-electron chi connectivity index (χ3n) is 2.94. The number of carbonyl (C=O) groups is 1. The molecule has 104 valence electrons. The Balaban J connectivity index is 2.14. The highest BCUT2D eigenvalue weighted by Crippen LogP contribution is 2.29. The maximum atomic E-state index is 10.8. The van der Waals surface area contributed by atoms with E-state index in [0.29, 0.717) is 0 Å². The Morgan fingerprint density at radius 1 is 1.15 bits per heavy atom. The van der Waals surface area contributed by atoms with E-state index in [2.05, 4.69) is 44.1 Å². The van der Waals surface area contributed by atoms with Crippen molar-refractivity contribution < 1.29 is 9.90 Å². The van der Waals surface area contributed by atoms with Crippen LogP contribution in [-0.2, 0) is 0 Å². The average Bonchev–Trinajstić information content (AvgIpc) is 2.39. The van der Waals surface area contributed by atoms with Gasteiger partial charge in [0.25, 0.3) is 0 Å².